The number of aryl methyl sites for hydroxylation is 1. The highest BCUT2D eigenvalue weighted by Crippen LogP contribution is 2.39. The summed E-state index contributed by atoms with van der Waals surface area (Å²) in [5.74, 6) is 1.06. The number of hydrogen-bond acceptors (Lipinski definition) is 2. The molecule has 0 saturated heterocycles. The summed E-state index contributed by atoms with van der Waals surface area (Å²) in [5, 5.41) is 10.3. The van der Waals surface area contributed by atoms with E-state index < -0.39 is 0 Å². The summed E-state index contributed by atoms with van der Waals surface area (Å²) in [7, 11) is 0. The smallest absolute Gasteiger partial charge is 0.0835 e. The Labute approximate surface area is 91.4 Å². The van der Waals surface area contributed by atoms with E-state index in [4.69, 9.17) is 0 Å². The van der Waals surface area contributed by atoms with Crippen LogP contribution in [0.1, 0.15) is 43.4 Å². The fraction of sp³-hybridized carbons (Fsp3) is 0.615. The summed E-state index contributed by atoms with van der Waals surface area (Å²) in [5.41, 5.74) is 2.10. The van der Waals surface area contributed by atoms with E-state index in [1.54, 1.807) is 6.20 Å². The molecule has 2 heteroatoms. The van der Waals surface area contributed by atoms with Crippen molar-refractivity contribution in [1.29, 1.82) is 0 Å². The topological polar surface area (TPSA) is 33.1 Å². The molecule has 0 radical (unpaired) electrons. The number of rotatable bonds is 2. The first-order valence-electron chi connectivity index (χ1n) is 5.78. The lowest BCUT2D eigenvalue weighted by Gasteiger charge is -2.22. The first-order chi connectivity index (χ1) is 7.18. The molecule has 3 atom stereocenters. The largest absolute Gasteiger partial charge is 0.388 e. The van der Waals surface area contributed by atoms with Crippen LogP contribution in [-0.2, 0) is 0 Å². The summed E-state index contributed by atoms with van der Waals surface area (Å²) in [4.78, 5) is 4.14. The first kappa shape index (κ1) is 10.6. The van der Waals surface area contributed by atoms with Crippen LogP contribution < -0.4 is 0 Å². The van der Waals surface area contributed by atoms with Crippen LogP contribution in [0.15, 0.2) is 18.5 Å². The standard InChI is InChI=1S/C13H19NO/c1-9-6-11(8-14-7-9)13(15)12-5-3-4-10(12)2/h6-8,10,12-13,15H,3-5H2,1-2H3. The number of aromatic nitrogens is 1. The van der Waals surface area contributed by atoms with E-state index in [0.717, 1.165) is 17.5 Å². The molecule has 1 aromatic heterocycles. The minimum absolute atomic E-state index is 0.324. The molecule has 1 N–H and O–H groups in total. The lowest BCUT2D eigenvalue weighted by Crippen LogP contribution is -2.15. The van der Waals surface area contributed by atoms with Crippen molar-refractivity contribution in [3.63, 3.8) is 0 Å². The van der Waals surface area contributed by atoms with Gasteiger partial charge in [-0.15, -0.1) is 0 Å². The molecule has 1 saturated carbocycles. The zero-order valence-electron chi connectivity index (χ0n) is 9.48. The molecule has 1 aliphatic rings. The van der Waals surface area contributed by atoms with Crippen LogP contribution in [0.4, 0.5) is 0 Å². The van der Waals surface area contributed by atoms with Crippen LogP contribution in [0.2, 0.25) is 0 Å². The van der Waals surface area contributed by atoms with Crippen molar-refractivity contribution in [3.05, 3.63) is 29.6 Å². The van der Waals surface area contributed by atoms with Gasteiger partial charge in [-0.1, -0.05) is 25.8 Å². The minimum Gasteiger partial charge on any atom is -0.388 e. The second-order valence-corrected chi connectivity index (χ2v) is 4.81. The molecule has 1 fully saturated rings. The van der Waals surface area contributed by atoms with Crippen molar-refractivity contribution in [2.45, 2.75) is 39.2 Å². The van der Waals surface area contributed by atoms with Gasteiger partial charge in [0.15, 0.2) is 0 Å². The summed E-state index contributed by atoms with van der Waals surface area (Å²) in [6.07, 6.45) is 6.95. The molecular formula is C13H19NO. The molecule has 1 aromatic rings. The van der Waals surface area contributed by atoms with Crippen molar-refractivity contribution >= 4 is 0 Å². The third kappa shape index (κ3) is 2.20. The highest BCUT2D eigenvalue weighted by atomic mass is 16.3. The third-order valence-corrected chi connectivity index (χ3v) is 3.57. The zero-order valence-corrected chi connectivity index (χ0v) is 9.48. The molecule has 1 heterocycles. The molecule has 0 amide bonds. The predicted octanol–water partition coefficient (Wildman–Crippen LogP) is 2.86. The quantitative estimate of drug-likeness (QED) is 0.805. The Morgan fingerprint density at radius 1 is 1.40 bits per heavy atom. The monoisotopic (exact) mass is 205 g/mol. The van der Waals surface area contributed by atoms with Gasteiger partial charge in [-0.3, -0.25) is 4.98 Å². The number of aliphatic hydroxyl groups excluding tert-OH is 1. The van der Waals surface area contributed by atoms with Gasteiger partial charge in [0.1, 0.15) is 0 Å². The molecule has 1 aliphatic carbocycles. The maximum atomic E-state index is 10.3. The minimum atomic E-state index is -0.324. The van der Waals surface area contributed by atoms with E-state index in [1.807, 2.05) is 19.2 Å². The van der Waals surface area contributed by atoms with Gasteiger partial charge in [0.25, 0.3) is 0 Å². The van der Waals surface area contributed by atoms with E-state index in [2.05, 4.69) is 11.9 Å². The van der Waals surface area contributed by atoms with Crippen molar-refractivity contribution in [2.24, 2.45) is 11.8 Å². The Hall–Kier alpha value is -0.890. The lowest BCUT2D eigenvalue weighted by atomic mass is 9.88. The number of pyridine rings is 1. The van der Waals surface area contributed by atoms with Crippen LogP contribution in [-0.4, -0.2) is 10.1 Å². The van der Waals surface area contributed by atoms with Crippen molar-refractivity contribution in [2.75, 3.05) is 0 Å². The molecule has 15 heavy (non-hydrogen) atoms. The van der Waals surface area contributed by atoms with Crippen molar-refractivity contribution in [3.8, 4) is 0 Å². The molecule has 2 nitrogen and oxygen atoms in total. The van der Waals surface area contributed by atoms with Gasteiger partial charge in [0.2, 0.25) is 0 Å². The van der Waals surface area contributed by atoms with E-state index >= 15 is 0 Å². The molecule has 0 spiro atoms. The summed E-state index contributed by atoms with van der Waals surface area (Å²) < 4.78 is 0. The SMILES string of the molecule is Cc1cncc(C(O)C2CCCC2C)c1. The average molecular weight is 205 g/mol. The third-order valence-electron chi connectivity index (χ3n) is 3.57. The van der Waals surface area contributed by atoms with Gasteiger partial charge in [0, 0.05) is 12.4 Å². The van der Waals surface area contributed by atoms with E-state index in [0.29, 0.717) is 11.8 Å². The Balaban J connectivity index is 2.16. The number of hydrogen-bond donors (Lipinski definition) is 1. The fourth-order valence-electron chi connectivity index (χ4n) is 2.63. The zero-order chi connectivity index (χ0) is 10.8. The molecule has 0 aromatic carbocycles. The van der Waals surface area contributed by atoms with Crippen LogP contribution in [0, 0.1) is 18.8 Å². The Bertz CT molecular complexity index is 337. The number of nitrogens with zero attached hydrogens (tertiary/aromatic N) is 1. The maximum absolute atomic E-state index is 10.3. The highest BCUT2D eigenvalue weighted by Gasteiger charge is 2.30. The van der Waals surface area contributed by atoms with E-state index in [1.165, 1.54) is 12.8 Å². The van der Waals surface area contributed by atoms with Gasteiger partial charge < -0.3 is 5.11 Å². The lowest BCUT2D eigenvalue weighted by molar-refractivity contribution is 0.0897. The van der Waals surface area contributed by atoms with Crippen LogP contribution >= 0.6 is 0 Å². The highest BCUT2D eigenvalue weighted by molar-refractivity contribution is 5.19. The second kappa shape index (κ2) is 4.31. The Morgan fingerprint density at radius 2 is 2.20 bits per heavy atom. The maximum Gasteiger partial charge on any atom is 0.0835 e. The second-order valence-electron chi connectivity index (χ2n) is 4.81. The average Bonchev–Trinajstić information content (AvgIpc) is 2.63. The van der Waals surface area contributed by atoms with Crippen LogP contribution in [0.3, 0.4) is 0 Å². The van der Waals surface area contributed by atoms with Gasteiger partial charge in [-0.05, 0) is 36.3 Å². The Morgan fingerprint density at radius 3 is 2.80 bits per heavy atom. The Kier molecular flexibility index (Phi) is 3.06. The van der Waals surface area contributed by atoms with Crippen molar-refractivity contribution in [1.82, 2.24) is 4.98 Å². The molecule has 0 bridgehead atoms. The van der Waals surface area contributed by atoms with Gasteiger partial charge in [-0.25, -0.2) is 0 Å². The van der Waals surface area contributed by atoms with Gasteiger partial charge >= 0.3 is 0 Å². The molecule has 2 rings (SSSR count). The summed E-state index contributed by atoms with van der Waals surface area (Å²) >= 11 is 0. The summed E-state index contributed by atoms with van der Waals surface area (Å²) in [6, 6.07) is 2.04. The predicted molar refractivity (Wildman–Crippen MR) is 60.4 cm³/mol. The molecular weight excluding hydrogens is 186 g/mol. The summed E-state index contributed by atoms with van der Waals surface area (Å²) in [6.45, 7) is 4.26. The van der Waals surface area contributed by atoms with Gasteiger partial charge in [0.05, 0.1) is 6.10 Å². The van der Waals surface area contributed by atoms with E-state index in [9.17, 15) is 5.11 Å². The van der Waals surface area contributed by atoms with E-state index in [-0.39, 0.29) is 6.10 Å². The van der Waals surface area contributed by atoms with Crippen molar-refractivity contribution < 1.29 is 5.11 Å². The van der Waals surface area contributed by atoms with Crippen LogP contribution in [0.5, 0.6) is 0 Å². The van der Waals surface area contributed by atoms with Crippen LogP contribution in [0.25, 0.3) is 0 Å². The molecule has 82 valence electrons. The fourth-order valence-corrected chi connectivity index (χ4v) is 2.63. The molecule has 0 aliphatic heterocycles. The molecule has 3 unspecified atom stereocenters. The normalized spacial score (nSPS) is 27.9. The first-order valence-corrected chi connectivity index (χ1v) is 5.78. The number of aliphatic hydroxyl groups is 1. The van der Waals surface area contributed by atoms with Gasteiger partial charge in [-0.2, -0.15) is 0 Å².